The maximum absolute atomic E-state index is 11.7. The summed E-state index contributed by atoms with van der Waals surface area (Å²) in [5, 5.41) is 6.13. The minimum Gasteiger partial charge on any atom is -0.493 e. The Morgan fingerprint density at radius 1 is 1.22 bits per heavy atom. The number of carbonyl (C=O) groups excluding carboxylic acids is 1. The molecule has 1 aromatic carbocycles. The molecule has 0 radical (unpaired) electrons. The second-order valence-electron chi connectivity index (χ2n) is 3.40. The molecule has 0 bridgehead atoms. The molecule has 94 valence electrons. The molecule has 1 heterocycles. The van der Waals surface area contributed by atoms with Gasteiger partial charge in [-0.15, -0.1) is 0 Å². The molecule has 2 aromatic rings. The number of hydrogen-bond donors (Lipinski definition) is 1. The lowest BCUT2D eigenvalue weighted by Gasteiger charge is -2.09. The standard InChI is InChI=1S/C12H12N2O4/c1-16-9-4-3-8(7-11(9)17-2)14-12(15)10-5-6-13-18-10/h3-7H,1-2H3,(H,14,15). The van der Waals surface area contributed by atoms with E-state index in [4.69, 9.17) is 14.0 Å². The topological polar surface area (TPSA) is 73.6 Å². The molecule has 0 spiro atoms. The van der Waals surface area contributed by atoms with Crippen molar-refractivity contribution in [2.24, 2.45) is 0 Å². The molecular formula is C12H12N2O4. The van der Waals surface area contributed by atoms with Crippen molar-refractivity contribution in [2.75, 3.05) is 19.5 Å². The van der Waals surface area contributed by atoms with Crippen LogP contribution in [0.5, 0.6) is 11.5 Å². The van der Waals surface area contributed by atoms with Crippen molar-refractivity contribution in [3.8, 4) is 11.5 Å². The van der Waals surface area contributed by atoms with E-state index >= 15 is 0 Å². The molecule has 0 saturated carbocycles. The van der Waals surface area contributed by atoms with Crippen LogP contribution in [0.25, 0.3) is 0 Å². The zero-order chi connectivity index (χ0) is 13.0. The molecule has 6 heteroatoms. The van der Waals surface area contributed by atoms with Crippen LogP contribution in [-0.2, 0) is 0 Å². The van der Waals surface area contributed by atoms with Gasteiger partial charge in [0.1, 0.15) is 0 Å². The van der Waals surface area contributed by atoms with Gasteiger partial charge in [0.2, 0.25) is 5.76 Å². The highest BCUT2D eigenvalue weighted by Gasteiger charge is 2.11. The van der Waals surface area contributed by atoms with Gasteiger partial charge in [-0.1, -0.05) is 5.16 Å². The van der Waals surface area contributed by atoms with E-state index in [-0.39, 0.29) is 11.7 Å². The van der Waals surface area contributed by atoms with Crippen LogP contribution in [-0.4, -0.2) is 25.3 Å². The summed E-state index contributed by atoms with van der Waals surface area (Å²) in [5.41, 5.74) is 0.578. The first-order valence-electron chi connectivity index (χ1n) is 5.18. The molecule has 0 atom stereocenters. The third kappa shape index (κ3) is 2.42. The summed E-state index contributed by atoms with van der Waals surface area (Å²) in [5.74, 6) is 0.896. The van der Waals surface area contributed by atoms with Gasteiger partial charge in [-0.2, -0.15) is 0 Å². The average molecular weight is 248 g/mol. The van der Waals surface area contributed by atoms with E-state index in [2.05, 4.69) is 10.5 Å². The predicted octanol–water partition coefficient (Wildman–Crippen LogP) is 1.94. The highest BCUT2D eigenvalue weighted by molar-refractivity contribution is 6.02. The van der Waals surface area contributed by atoms with E-state index in [0.29, 0.717) is 17.2 Å². The second-order valence-corrected chi connectivity index (χ2v) is 3.40. The molecule has 18 heavy (non-hydrogen) atoms. The van der Waals surface area contributed by atoms with Crippen molar-refractivity contribution in [3.05, 3.63) is 36.2 Å². The number of anilines is 1. The number of carbonyl (C=O) groups is 1. The summed E-state index contributed by atoms with van der Waals surface area (Å²) >= 11 is 0. The highest BCUT2D eigenvalue weighted by atomic mass is 16.5. The fourth-order valence-corrected chi connectivity index (χ4v) is 1.44. The van der Waals surface area contributed by atoms with Gasteiger partial charge in [-0.3, -0.25) is 4.79 Å². The molecule has 0 fully saturated rings. The van der Waals surface area contributed by atoms with E-state index in [1.807, 2.05) is 0 Å². The molecule has 6 nitrogen and oxygen atoms in total. The van der Waals surface area contributed by atoms with Crippen molar-refractivity contribution in [2.45, 2.75) is 0 Å². The first kappa shape index (κ1) is 12.0. The molecule has 1 N–H and O–H groups in total. The molecule has 0 aliphatic rings. The second kappa shape index (κ2) is 5.22. The first-order valence-corrected chi connectivity index (χ1v) is 5.18. The Morgan fingerprint density at radius 3 is 2.61 bits per heavy atom. The van der Waals surface area contributed by atoms with Gasteiger partial charge in [-0.25, -0.2) is 0 Å². The Bertz CT molecular complexity index is 537. The molecule has 2 rings (SSSR count). The lowest BCUT2D eigenvalue weighted by Crippen LogP contribution is -2.10. The van der Waals surface area contributed by atoms with Crippen LogP contribution in [0.4, 0.5) is 5.69 Å². The summed E-state index contributed by atoms with van der Waals surface area (Å²) in [4.78, 5) is 11.7. The minimum absolute atomic E-state index is 0.143. The Kier molecular flexibility index (Phi) is 3.47. The predicted molar refractivity (Wildman–Crippen MR) is 64.0 cm³/mol. The number of nitrogens with zero attached hydrogens (tertiary/aromatic N) is 1. The SMILES string of the molecule is COc1ccc(NC(=O)c2ccno2)cc1OC. The van der Waals surface area contributed by atoms with Crippen molar-refractivity contribution < 1.29 is 18.8 Å². The van der Waals surface area contributed by atoms with Crippen LogP contribution in [0.1, 0.15) is 10.6 Å². The quantitative estimate of drug-likeness (QED) is 0.895. The third-order valence-electron chi connectivity index (χ3n) is 2.30. The van der Waals surface area contributed by atoms with E-state index < -0.39 is 0 Å². The minimum atomic E-state index is -0.375. The van der Waals surface area contributed by atoms with Crippen molar-refractivity contribution >= 4 is 11.6 Å². The molecule has 0 aliphatic heterocycles. The van der Waals surface area contributed by atoms with E-state index in [9.17, 15) is 4.79 Å². The van der Waals surface area contributed by atoms with Gasteiger partial charge in [0, 0.05) is 17.8 Å². The first-order chi connectivity index (χ1) is 8.74. The number of nitrogens with one attached hydrogen (secondary N) is 1. The van der Waals surface area contributed by atoms with Crippen LogP contribution in [0, 0.1) is 0 Å². The van der Waals surface area contributed by atoms with Crippen LogP contribution in [0.15, 0.2) is 35.0 Å². The Labute approximate surface area is 103 Å². The van der Waals surface area contributed by atoms with Crippen LogP contribution in [0.2, 0.25) is 0 Å². The lowest BCUT2D eigenvalue weighted by molar-refractivity contribution is 0.0988. The molecule has 0 unspecified atom stereocenters. The van der Waals surface area contributed by atoms with Gasteiger partial charge in [0.25, 0.3) is 5.91 Å². The van der Waals surface area contributed by atoms with Gasteiger partial charge in [0.05, 0.1) is 20.4 Å². The van der Waals surface area contributed by atoms with Crippen LogP contribution < -0.4 is 14.8 Å². The van der Waals surface area contributed by atoms with Crippen molar-refractivity contribution in [1.82, 2.24) is 5.16 Å². The summed E-state index contributed by atoms with van der Waals surface area (Å²) < 4.78 is 15.0. The van der Waals surface area contributed by atoms with Crippen LogP contribution >= 0.6 is 0 Å². The molecular weight excluding hydrogens is 236 g/mol. The summed E-state index contributed by atoms with van der Waals surface area (Å²) in [6, 6.07) is 6.55. The van der Waals surface area contributed by atoms with Crippen LogP contribution in [0.3, 0.4) is 0 Å². The van der Waals surface area contributed by atoms with E-state index in [0.717, 1.165) is 0 Å². The van der Waals surface area contributed by atoms with Gasteiger partial charge >= 0.3 is 0 Å². The van der Waals surface area contributed by atoms with Crippen molar-refractivity contribution in [1.29, 1.82) is 0 Å². The maximum atomic E-state index is 11.7. The normalized spacial score (nSPS) is 9.89. The smallest absolute Gasteiger partial charge is 0.294 e. The molecule has 0 saturated heterocycles. The van der Waals surface area contributed by atoms with Gasteiger partial charge < -0.3 is 19.3 Å². The van der Waals surface area contributed by atoms with E-state index in [1.165, 1.54) is 19.4 Å². The largest absolute Gasteiger partial charge is 0.493 e. The monoisotopic (exact) mass is 248 g/mol. The van der Waals surface area contributed by atoms with Gasteiger partial charge in [-0.05, 0) is 12.1 Å². The van der Waals surface area contributed by atoms with E-state index in [1.54, 1.807) is 25.3 Å². The number of benzene rings is 1. The number of methoxy groups -OCH3 is 2. The Hall–Kier alpha value is -2.50. The molecule has 1 aromatic heterocycles. The Balaban J connectivity index is 2.17. The number of rotatable bonds is 4. The summed E-state index contributed by atoms with van der Waals surface area (Å²) in [7, 11) is 3.07. The summed E-state index contributed by atoms with van der Waals surface area (Å²) in [6.07, 6.45) is 1.41. The fraction of sp³-hybridized carbons (Fsp3) is 0.167. The molecule has 1 amide bonds. The number of amides is 1. The van der Waals surface area contributed by atoms with Crippen molar-refractivity contribution in [3.63, 3.8) is 0 Å². The fourth-order valence-electron chi connectivity index (χ4n) is 1.44. The third-order valence-corrected chi connectivity index (χ3v) is 2.30. The number of aromatic nitrogens is 1. The summed E-state index contributed by atoms with van der Waals surface area (Å²) in [6.45, 7) is 0. The number of ether oxygens (including phenoxy) is 2. The molecule has 0 aliphatic carbocycles. The zero-order valence-corrected chi connectivity index (χ0v) is 9.97. The lowest BCUT2D eigenvalue weighted by atomic mass is 10.2. The maximum Gasteiger partial charge on any atom is 0.294 e. The Morgan fingerprint density at radius 2 is 2.00 bits per heavy atom. The average Bonchev–Trinajstić information content (AvgIpc) is 2.92. The van der Waals surface area contributed by atoms with Gasteiger partial charge in [0.15, 0.2) is 11.5 Å². The number of hydrogen-bond acceptors (Lipinski definition) is 5. The zero-order valence-electron chi connectivity index (χ0n) is 9.97. The highest BCUT2D eigenvalue weighted by Crippen LogP contribution is 2.29.